The van der Waals surface area contributed by atoms with Gasteiger partial charge in [-0.05, 0) is 31.0 Å². The molecule has 0 aliphatic heterocycles. The number of amides is 1. The van der Waals surface area contributed by atoms with E-state index in [9.17, 15) is 4.79 Å². The molecule has 25 heavy (non-hydrogen) atoms. The fourth-order valence-electron chi connectivity index (χ4n) is 2.74. The minimum absolute atomic E-state index is 0.0393. The van der Waals surface area contributed by atoms with Crippen molar-refractivity contribution in [2.24, 2.45) is 0 Å². The number of nitrogens with zero attached hydrogens (tertiary/aromatic N) is 1. The molecule has 4 nitrogen and oxygen atoms in total. The smallest absolute Gasteiger partial charge is 0.224 e. The highest BCUT2D eigenvalue weighted by Crippen LogP contribution is 2.22. The second-order valence-electron chi connectivity index (χ2n) is 6.05. The van der Waals surface area contributed by atoms with Crippen LogP contribution >= 0.6 is 0 Å². The Morgan fingerprint density at radius 3 is 2.84 bits per heavy atom. The van der Waals surface area contributed by atoms with E-state index in [2.05, 4.69) is 10.3 Å². The fraction of sp³-hybridized carbons (Fsp3) is 0.238. The Balaban J connectivity index is 1.42. The van der Waals surface area contributed by atoms with Crippen molar-refractivity contribution in [2.75, 3.05) is 13.2 Å². The van der Waals surface area contributed by atoms with E-state index in [1.54, 1.807) is 6.20 Å². The summed E-state index contributed by atoms with van der Waals surface area (Å²) in [5.41, 5.74) is 3.08. The molecule has 0 saturated heterocycles. The van der Waals surface area contributed by atoms with Crippen LogP contribution in [0.3, 0.4) is 0 Å². The van der Waals surface area contributed by atoms with E-state index < -0.39 is 0 Å². The average molecular weight is 334 g/mol. The van der Waals surface area contributed by atoms with Gasteiger partial charge in [-0.1, -0.05) is 48.0 Å². The number of rotatable bonds is 7. The minimum Gasteiger partial charge on any atom is -0.491 e. The summed E-state index contributed by atoms with van der Waals surface area (Å²) < 4.78 is 5.82. The molecule has 0 radical (unpaired) electrons. The number of para-hydroxylation sites is 1. The summed E-state index contributed by atoms with van der Waals surface area (Å²) in [7, 11) is 0. The highest BCUT2D eigenvalue weighted by Gasteiger charge is 2.04. The van der Waals surface area contributed by atoms with Gasteiger partial charge in [0, 0.05) is 18.1 Å². The van der Waals surface area contributed by atoms with Gasteiger partial charge in [-0.15, -0.1) is 0 Å². The van der Waals surface area contributed by atoms with Crippen LogP contribution in [0.15, 0.2) is 60.8 Å². The van der Waals surface area contributed by atoms with Gasteiger partial charge in [-0.2, -0.15) is 0 Å². The number of pyridine rings is 1. The average Bonchev–Trinajstić information content (AvgIpc) is 2.61. The van der Waals surface area contributed by atoms with E-state index in [-0.39, 0.29) is 5.91 Å². The van der Waals surface area contributed by atoms with Crippen LogP contribution in [0.2, 0.25) is 0 Å². The summed E-state index contributed by atoms with van der Waals surface area (Å²) in [6, 6.07) is 17.8. The van der Waals surface area contributed by atoms with Gasteiger partial charge >= 0.3 is 0 Å². The van der Waals surface area contributed by atoms with Gasteiger partial charge in [0.1, 0.15) is 11.3 Å². The van der Waals surface area contributed by atoms with Gasteiger partial charge in [0.2, 0.25) is 5.91 Å². The van der Waals surface area contributed by atoms with Crippen molar-refractivity contribution in [1.82, 2.24) is 10.3 Å². The number of hydrogen-bond donors (Lipinski definition) is 1. The van der Waals surface area contributed by atoms with Crippen LogP contribution in [0.5, 0.6) is 5.75 Å². The molecule has 0 aliphatic carbocycles. The molecular weight excluding hydrogens is 312 g/mol. The first-order valence-corrected chi connectivity index (χ1v) is 8.51. The Hall–Kier alpha value is -2.88. The van der Waals surface area contributed by atoms with Gasteiger partial charge in [-0.3, -0.25) is 9.78 Å². The standard InChI is InChI=1S/C21H22N2O2/c1-16-6-2-7-17(14-16)15-20(24)22-12-5-13-25-19-10-3-8-18-9-4-11-23-21(18)19/h2-4,6-11,14H,5,12-13,15H2,1H3,(H,22,24). The third-order valence-electron chi connectivity index (χ3n) is 3.94. The van der Waals surface area contributed by atoms with Crippen LogP contribution in [0.25, 0.3) is 10.9 Å². The Bertz CT molecular complexity index is 856. The second-order valence-corrected chi connectivity index (χ2v) is 6.05. The quantitative estimate of drug-likeness (QED) is 0.671. The summed E-state index contributed by atoms with van der Waals surface area (Å²) in [5.74, 6) is 0.821. The molecule has 0 fully saturated rings. The molecule has 128 valence electrons. The fourth-order valence-corrected chi connectivity index (χ4v) is 2.74. The SMILES string of the molecule is Cc1cccc(CC(=O)NCCCOc2cccc3cccnc23)c1. The van der Waals surface area contributed by atoms with E-state index >= 15 is 0 Å². The van der Waals surface area contributed by atoms with Crippen LogP contribution in [0.1, 0.15) is 17.5 Å². The van der Waals surface area contributed by atoms with Crippen LogP contribution in [-0.4, -0.2) is 24.0 Å². The highest BCUT2D eigenvalue weighted by atomic mass is 16.5. The lowest BCUT2D eigenvalue weighted by atomic mass is 10.1. The largest absolute Gasteiger partial charge is 0.491 e. The normalized spacial score (nSPS) is 10.6. The zero-order valence-electron chi connectivity index (χ0n) is 14.4. The molecule has 1 heterocycles. The van der Waals surface area contributed by atoms with Crippen LogP contribution in [-0.2, 0) is 11.2 Å². The van der Waals surface area contributed by atoms with E-state index in [0.29, 0.717) is 19.6 Å². The van der Waals surface area contributed by atoms with Crippen LogP contribution in [0, 0.1) is 6.92 Å². The lowest BCUT2D eigenvalue weighted by molar-refractivity contribution is -0.120. The first-order chi connectivity index (χ1) is 12.2. The molecule has 1 aromatic heterocycles. The zero-order valence-corrected chi connectivity index (χ0v) is 14.4. The Kier molecular flexibility index (Phi) is 5.62. The minimum atomic E-state index is 0.0393. The second kappa shape index (κ2) is 8.29. The zero-order chi connectivity index (χ0) is 17.5. The van der Waals surface area contributed by atoms with Crippen LogP contribution < -0.4 is 10.1 Å². The van der Waals surface area contributed by atoms with E-state index in [1.165, 1.54) is 5.56 Å². The maximum Gasteiger partial charge on any atom is 0.224 e. The van der Waals surface area contributed by atoms with Crippen LogP contribution in [0.4, 0.5) is 0 Å². The molecule has 1 amide bonds. The monoisotopic (exact) mass is 334 g/mol. The number of nitrogens with one attached hydrogen (secondary N) is 1. The molecule has 0 aliphatic rings. The topological polar surface area (TPSA) is 51.2 Å². The predicted octanol–water partition coefficient (Wildman–Crippen LogP) is 3.67. The van der Waals surface area contributed by atoms with Gasteiger partial charge in [-0.25, -0.2) is 0 Å². The van der Waals surface area contributed by atoms with Gasteiger partial charge < -0.3 is 10.1 Å². The van der Waals surface area contributed by atoms with Crippen molar-refractivity contribution >= 4 is 16.8 Å². The van der Waals surface area contributed by atoms with Crippen molar-refractivity contribution in [2.45, 2.75) is 19.8 Å². The molecule has 4 heteroatoms. The van der Waals surface area contributed by atoms with E-state index in [0.717, 1.165) is 28.6 Å². The Morgan fingerprint density at radius 1 is 1.12 bits per heavy atom. The molecule has 0 spiro atoms. The molecule has 0 bridgehead atoms. The molecule has 0 atom stereocenters. The molecule has 0 unspecified atom stereocenters. The Labute approximate surface area is 147 Å². The number of ether oxygens (including phenoxy) is 1. The summed E-state index contributed by atoms with van der Waals surface area (Å²) in [5, 5.41) is 4.00. The van der Waals surface area contributed by atoms with E-state index in [4.69, 9.17) is 4.74 Å². The highest BCUT2D eigenvalue weighted by molar-refractivity contribution is 5.84. The van der Waals surface area contributed by atoms with Crippen molar-refractivity contribution in [3.05, 3.63) is 71.9 Å². The lowest BCUT2D eigenvalue weighted by Crippen LogP contribution is -2.27. The van der Waals surface area contributed by atoms with E-state index in [1.807, 2.05) is 61.5 Å². The molecule has 1 N–H and O–H groups in total. The number of aryl methyl sites for hydroxylation is 1. The summed E-state index contributed by atoms with van der Waals surface area (Å²) in [6.45, 7) is 3.17. The number of carbonyl (C=O) groups is 1. The number of carbonyl (C=O) groups excluding carboxylic acids is 1. The van der Waals surface area contributed by atoms with Gasteiger partial charge in [0.15, 0.2) is 0 Å². The first-order valence-electron chi connectivity index (χ1n) is 8.51. The third kappa shape index (κ3) is 4.80. The third-order valence-corrected chi connectivity index (χ3v) is 3.94. The molecular formula is C21H22N2O2. The number of hydrogen-bond acceptors (Lipinski definition) is 3. The molecule has 0 saturated carbocycles. The molecule has 3 rings (SSSR count). The first kappa shape index (κ1) is 17.0. The maximum atomic E-state index is 12.0. The van der Waals surface area contributed by atoms with Gasteiger partial charge in [0.25, 0.3) is 0 Å². The number of aromatic nitrogens is 1. The van der Waals surface area contributed by atoms with Crippen molar-refractivity contribution in [1.29, 1.82) is 0 Å². The summed E-state index contributed by atoms with van der Waals surface area (Å²) in [6.07, 6.45) is 2.93. The summed E-state index contributed by atoms with van der Waals surface area (Å²) >= 11 is 0. The number of fused-ring (bicyclic) bond motifs is 1. The lowest BCUT2D eigenvalue weighted by Gasteiger charge is -2.09. The Morgan fingerprint density at radius 2 is 1.96 bits per heavy atom. The molecule has 2 aromatic carbocycles. The number of benzene rings is 2. The van der Waals surface area contributed by atoms with Crippen molar-refractivity contribution in [3.8, 4) is 5.75 Å². The van der Waals surface area contributed by atoms with Crippen molar-refractivity contribution < 1.29 is 9.53 Å². The van der Waals surface area contributed by atoms with Crippen molar-refractivity contribution in [3.63, 3.8) is 0 Å². The van der Waals surface area contributed by atoms with Gasteiger partial charge in [0.05, 0.1) is 13.0 Å². The molecule has 3 aromatic rings. The summed E-state index contributed by atoms with van der Waals surface area (Å²) in [4.78, 5) is 16.3. The maximum absolute atomic E-state index is 12.0. The predicted molar refractivity (Wildman–Crippen MR) is 99.7 cm³/mol.